The number of alkyl halides is 2. The molecule has 1 unspecified atom stereocenters. The van der Waals surface area contributed by atoms with Crippen LogP contribution >= 0.6 is 0 Å². The minimum Gasteiger partial charge on any atom is -0.352 e. The number of rotatable bonds is 4. The van der Waals surface area contributed by atoms with Crippen molar-refractivity contribution in [1.29, 1.82) is 0 Å². The molecule has 16 heavy (non-hydrogen) atoms. The monoisotopic (exact) mass is 228 g/mol. The summed E-state index contributed by atoms with van der Waals surface area (Å²) in [4.78, 5) is 0. The highest BCUT2D eigenvalue weighted by Gasteiger charge is 2.58. The van der Waals surface area contributed by atoms with Gasteiger partial charge in [-0.1, -0.05) is 24.3 Å². The Kier molecular flexibility index (Phi) is 2.95. The third-order valence-electron chi connectivity index (χ3n) is 2.88. The molecule has 0 bridgehead atoms. The van der Waals surface area contributed by atoms with E-state index in [0.29, 0.717) is 11.1 Å². The van der Waals surface area contributed by atoms with Crippen LogP contribution in [0.5, 0.6) is 0 Å². The Morgan fingerprint density at radius 1 is 1.25 bits per heavy atom. The summed E-state index contributed by atoms with van der Waals surface area (Å²) < 4.78 is 36.3. The Balaban J connectivity index is 2.31. The molecule has 1 fully saturated rings. The lowest BCUT2D eigenvalue weighted by atomic mass is 10.0. The summed E-state index contributed by atoms with van der Waals surface area (Å²) >= 11 is 0. The van der Waals surface area contributed by atoms with Gasteiger partial charge < -0.3 is 9.47 Å². The first kappa shape index (κ1) is 11.5. The van der Waals surface area contributed by atoms with Crippen molar-refractivity contribution in [1.82, 2.24) is 0 Å². The average molecular weight is 228 g/mol. The molecule has 0 amide bonds. The standard InChI is InChI=1S/C12H14F2O2/c1-15-11(16-2)9-6-4-3-5-8(9)10-7-12(10,13)14/h3-6,10-11H,7H2,1-2H3. The number of hydrogen-bond donors (Lipinski definition) is 0. The van der Waals surface area contributed by atoms with Crippen LogP contribution in [0.25, 0.3) is 0 Å². The summed E-state index contributed by atoms with van der Waals surface area (Å²) in [5.41, 5.74) is 1.32. The molecule has 1 aromatic carbocycles. The van der Waals surface area contributed by atoms with E-state index in [2.05, 4.69) is 0 Å². The maximum absolute atomic E-state index is 13.1. The molecule has 0 aromatic heterocycles. The van der Waals surface area contributed by atoms with Crippen molar-refractivity contribution in [2.24, 2.45) is 0 Å². The summed E-state index contributed by atoms with van der Waals surface area (Å²) in [6.45, 7) is 0. The van der Waals surface area contributed by atoms with Gasteiger partial charge in [-0.25, -0.2) is 8.78 Å². The fourth-order valence-electron chi connectivity index (χ4n) is 1.94. The summed E-state index contributed by atoms with van der Waals surface area (Å²) in [5, 5.41) is 0. The number of halogens is 2. The van der Waals surface area contributed by atoms with E-state index in [1.165, 1.54) is 14.2 Å². The Bertz CT molecular complexity index is 354. The van der Waals surface area contributed by atoms with Gasteiger partial charge >= 0.3 is 0 Å². The molecule has 88 valence electrons. The molecule has 1 aliphatic carbocycles. The van der Waals surface area contributed by atoms with Gasteiger partial charge in [0.25, 0.3) is 5.92 Å². The molecule has 1 aliphatic rings. The maximum atomic E-state index is 13.1. The van der Waals surface area contributed by atoms with Gasteiger partial charge in [-0.2, -0.15) is 0 Å². The van der Waals surface area contributed by atoms with Crippen LogP contribution in [0.1, 0.15) is 29.8 Å². The highest BCUT2D eigenvalue weighted by Crippen LogP contribution is 2.57. The zero-order valence-electron chi connectivity index (χ0n) is 9.24. The molecule has 0 radical (unpaired) electrons. The Labute approximate surface area is 93.2 Å². The first-order valence-electron chi connectivity index (χ1n) is 5.12. The van der Waals surface area contributed by atoms with Crippen LogP contribution in [0, 0.1) is 0 Å². The van der Waals surface area contributed by atoms with E-state index in [1.807, 2.05) is 0 Å². The molecule has 0 N–H and O–H groups in total. The topological polar surface area (TPSA) is 18.5 Å². The predicted octanol–water partition coefficient (Wildman–Crippen LogP) is 3.10. The lowest BCUT2D eigenvalue weighted by Crippen LogP contribution is -2.07. The first-order valence-corrected chi connectivity index (χ1v) is 5.12. The van der Waals surface area contributed by atoms with Crippen LogP contribution in [-0.2, 0) is 9.47 Å². The van der Waals surface area contributed by atoms with Crippen molar-refractivity contribution in [3.8, 4) is 0 Å². The first-order chi connectivity index (χ1) is 7.60. The van der Waals surface area contributed by atoms with Crippen molar-refractivity contribution in [3.05, 3.63) is 35.4 Å². The third kappa shape index (κ3) is 1.95. The summed E-state index contributed by atoms with van der Waals surface area (Å²) in [5.74, 6) is -3.25. The molecule has 4 heteroatoms. The highest BCUT2D eigenvalue weighted by molar-refractivity contribution is 5.37. The summed E-state index contributed by atoms with van der Waals surface area (Å²) in [6, 6.07) is 7.04. The highest BCUT2D eigenvalue weighted by atomic mass is 19.3. The summed E-state index contributed by atoms with van der Waals surface area (Å²) in [6.07, 6.45) is -0.656. The van der Waals surface area contributed by atoms with E-state index in [1.54, 1.807) is 24.3 Å². The van der Waals surface area contributed by atoms with Gasteiger partial charge in [0.05, 0.1) is 5.92 Å². The van der Waals surface area contributed by atoms with Crippen molar-refractivity contribution < 1.29 is 18.3 Å². The fourth-order valence-corrected chi connectivity index (χ4v) is 1.94. The van der Waals surface area contributed by atoms with Crippen LogP contribution in [0.15, 0.2) is 24.3 Å². The predicted molar refractivity (Wildman–Crippen MR) is 55.5 cm³/mol. The molecule has 0 heterocycles. The molecule has 1 aromatic rings. The Morgan fingerprint density at radius 2 is 1.81 bits per heavy atom. The van der Waals surface area contributed by atoms with Crippen molar-refractivity contribution in [2.75, 3.05) is 14.2 Å². The third-order valence-corrected chi connectivity index (χ3v) is 2.88. The number of hydrogen-bond acceptors (Lipinski definition) is 2. The normalized spacial score (nSPS) is 22.4. The molecule has 2 nitrogen and oxygen atoms in total. The van der Waals surface area contributed by atoms with E-state index in [-0.39, 0.29) is 6.42 Å². The molecule has 0 spiro atoms. The van der Waals surface area contributed by atoms with Gasteiger partial charge in [0.2, 0.25) is 0 Å². The smallest absolute Gasteiger partial charge is 0.255 e. The van der Waals surface area contributed by atoms with Gasteiger partial charge in [0, 0.05) is 26.2 Å². The lowest BCUT2D eigenvalue weighted by Gasteiger charge is -2.17. The maximum Gasteiger partial charge on any atom is 0.255 e. The van der Waals surface area contributed by atoms with Gasteiger partial charge in [-0.15, -0.1) is 0 Å². The number of ether oxygens (including phenoxy) is 2. The largest absolute Gasteiger partial charge is 0.352 e. The van der Waals surface area contributed by atoms with E-state index in [0.717, 1.165) is 0 Å². The second-order valence-electron chi connectivity index (χ2n) is 3.95. The zero-order valence-corrected chi connectivity index (χ0v) is 9.24. The van der Waals surface area contributed by atoms with Crippen LogP contribution in [-0.4, -0.2) is 20.1 Å². The Morgan fingerprint density at radius 3 is 2.31 bits per heavy atom. The second kappa shape index (κ2) is 4.11. The molecular formula is C12H14F2O2. The average Bonchev–Trinajstić information content (AvgIpc) is 2.90. The fraction of sp³-hybridized carbons (Fsp3) is 0.500. The number of methoxy groups -OCH3 is 2. The SMILES string of the molecule is COC(OC)c1ccccc1C1CC1(F)F. The van der Waals surface area contributed by atoms with Crippen LogP contribution < -0.4 is 0 Å². The minimum atomic E-state index is -2.57. The zero-order chi connectivity index (χ0) is 11.8. The molecule has 1 atom stereocenters. The van der Waals surface area contributed by atoms with Gasteiger partial charge in [0.15, 0.2) is 6.29 Å². The number of benzene rings is 1. The van der Waals surface area contributed by atoms with Crippen LogP contribution in [0.4, 0.5) is 8.78 Å². The Hall–Kier alpha value is -1.00. The van der Waals surface area contributed by atoms with E-state index in [9.17, 15) is 8.78 Å². The second-order valence-corrected chi connectivity index (χ2v) is 3.95. The van der Waals surface area contributed by atoms with Gasteiger partial charge in [-0.05, 0) is 5.56 Å². The summed E-state index contributed by atoms with van der Waals surface area (Å²) in [7, 11) is 2.99. The quantitative estimate of drug-likeness (QED) is 0.737. The minimum absolute atomic E-state index is 0.0792. The molecule has 0 aliphatic heterocycles. The molecule has 2 rings (SSSR count). The lowest BCUT2D eigenvalue weighted by molar-refractivity contribution is -0.106. The molecule has 1 saturated carbocycles. The van der Waals surface area contributed by atoms with Crippen molar-refractivity contribution in [2.45, 2.75) is 24.6 Å². The van der Waals surface area contributed by atoms with Crippen molar-refractivity contribution >= 4 is 0 Å². The van der Waals surface area contributed by atoms with E-state index in [4.69, 9.17) is 9.47 Å². The van der Waals surface area contributed by atoms with Crippen LogP contribution in [0.2, 0.25) is 0 Å². The van der Waals surface area contributed by atoms with E-state index < -0.39 is 18.1 Å². The van der Waals surface area contributed by atoms with Crippen LogP contribution in [0.3, 0.4) is 0 Å². The molecule has 0 saturated heterocycles. The van der Waals surface area contributed by atoms with Gasteiger partial charge in [0.1, 0.15) is 0 Å². The van der Waals surface area contributed by atoms with E-state index >= 15 is 0 Å². The molecular weight excluding hydrogens is 214 g/mol. The van der Waals surface area contributed by atoms with Gasteiger partial charge in [-0.3, -0.25) is 0 Å². The van der Waals surface area contributed by atoms with Crippen molar-refractivity contribution in [3.63, 3.8) is 0 Å².